The molecule has 8 nitrogen and oxygen atoms in total. The summed E-state index contributed by atoms with van der Waals surface area (Å²) in [5.74, 6) is -3.93. The molecule has 1 saturated heterocycles. The van der Waals surface area contributed by atoms with Gasteiger partial charge >= 0.3 is 6.03 Å². The summed E-state index contributed by atoms with van der Waals surface area (Å²) in [5.41, 5.74) is 3.45. The minimum Gasteiger partial charge on any atom is -0.336 e. The summed E-state index contributed by atoms with van der Waals surface area (Å²) < 4.78 is 83.3. The summed E-state index contributed by atoms with van der Waals surface area (Å²) in [7, 11) is -4.20. The molecule has 45 heavy (non-hydrogen) atoms. The average molecular weight is 682 g/mol. The Labute approximate surface area is 266 Å². The molecule has 0 bridgehead atoms. The topological polar surface area (TPSA) is 107 Å². The summed E-state index contributed by atoms with van der Waals surface area (Å²) in [6.45, 7) is 4.77. The van der Waals surface area contributed by atoms with Crippen LogP contribution in [0.4, 0.5) is 22.4 Å². The molecular weight excluding hydrogens is 654 g/mol. The van der Waals surface area contributed by atoms with Crippen molar-refractivity contribution in [3.63, 3.8) is 0 Å². The van der Waals surface area contributed by atoms with Gasteiger partial charge in [0.05, 0.1) is 16.3 Å². The Morgan fingerprint density at radius 2 is 1.64 bits per heavy atom. The zero-order chi connectivity index (χ0) is 32.5. The molecule has 0 spiro atoms. The number of halogens is 5. The molecule has 5 rings (SSSR count). The SMILES string of the molecule is CC(C)(c1ccc(F)c(F)c1)c1[nH]c(SCc2ccc(S(=O)(=O)NC(=O)NN3CCCC3)cc2Cl)nc1-c1ccc(F)c(F)c1. The Morgan fingerprint density at radius 3 is 2.29 bits per heavy atom. The molecule has 0 radical (unpaired) electrons. The molecule has 2 heterocycles. The molecule has 0 atom stereocenters. The smallest absolute Gasteiger partial charge is 0.336 e. The molecular formula is C30H28ClF4N5O3S2. The maximum atomic E-state index is 14.2. The van der Waals surface area contributed by atoms with E-state index in [9.17, 15) is 30.8 Å². The number of amides is 2. The van der Waals surface area contributed by atoms with Gasteiger partial charge in [0.2, 0.25) is 0 Å². The monoisotopic (exact) mass is 681 g/mol. The number of thioether (sulfide) groups is 1. The van der Waals surface area contributed by atoms with Crippen LogP contribution in [-0.2, 0) is 21.2 Å². The molecule has 238 valence electrons. The van der Waals surface area contributed by atoms with Crippen molar-refractivity contribution in [2.24, 2.45) is 0 Å². The third kappa shape index (κ3) is 7.29. The van der Waals surface area contributed by atoms with E-state index < -0.39 is 44.7 Å². The van der Waals surface area contributed by atoms with E-state index in [2.05, 4.69) is 15.4 Å². The van der Waals surface area contributed by atoms with Crippen molar-refractivity contribution in [3.8, 4) is 11.3 Å². The van der Waals surface area contributed by atoms with Gasteiger partial charge < -0.3 is 4.98 Å². The van der Waals surface area contributed by atoms with Crippen LogP contribution in [0.2, 0.25) is 5.02 Å². The average Bonchev–Trinajstić information content (AvgIpc) is 3.65. The van der Waals surface area contributed by atoms with E-state index in [0.717, 1.165) is 37.1 Å². The largest absolute Gasteiger partial charge is 0.343 e. The number of imidazole rings is 1. The number of aromatic amines is 1. The maximum absolute atomic E-state index is 14.2. The number of hydrogen-bond donors (Lipinski definition) is 3. The highest BCUT2D eigenvalue weighted by Gasteiger charge is 2.31. The highest BCUT2D eigenvalue weighted by molar-refractivity contribution is 7.98. The van der Waals surface area contributed by atoms with Crippen LogP contribution in [0, 0.1) is 23.3 Å². The Morgan fingerprint density at radius 1 is 0.978 bits per heavy atom. The standard InChI is InChI=1S/C30H28ClF4N5O3S2/c1-30(2,19-7-10-23(33)25(35)14-19)27-26(17-6-9-22(32)24(34)13-17)36-29(37-27)44-16-18-5-8-20(15-21(18)31)45(42,43)39-28(41)38-40-11-3-4-12-40/h5-10,13-15H,3-4,11-12,16H2,1-2H3,(H,36,37)(H2,38,39,41). The number of nitrogens with zero attached hydrogens (tertiary/aromatic N) is 2. The van der Waals surface area contributed by atoms with Gasteiger partial charge in [0.25, 0.3) is 10.0 Å². The van der Waals surface area contributed by atoms with E-state index in [0.29, 0.717) is 35.1 Å². The number of carbonyl (C=O) groups is 1. The number of aromatic nitrogens is 2. The van der Waals surface area contributed by atoms with E-state index >= 15 is 0 Å². The van der Waals surface area contributed by atoms with Gasteiger partial charge in [0, 0.05) is 34.8 Å². The zero-order valence-electron chi connectivity index (χ0n) is 24.1. The first-order valence-electron chi connectivity index (χ1n) is 13.8. The molecule has 1 fully saturated rings. The molecule has 4 aromatic rings. The first-order valence-corrected chi connectivity index (χ1v) is 16.6. The number of urea groups is 1. The highest BCUT2D eigenvalue weighted by Crippen LogP contribution is 2.39. The second kappa shape index (κ2) is 13.0. The zero-order valence-corrected chi connectivity index (χ0v) is 26.4. The lowest BCUT2D eigenvalue weighted by atomic mass is 9.79. The molecule has 15 heteroatoms. The van der Waals surface area contributed by atoms with Gasteiger partial charge in [-0.05, 0) is 66.4 Å². The van der Waals surface area contributed by atoms with Crippen molar-refractivity contribution in [1.82, 2.24) is 25.1 Å². The van der Waals surface area contributed by atoms with Gasteiger partial charge in [0.15, 0.2) is 28.4 Å². The van der Waals surface area contributed by atoms with Crippen LogP contribution in [0.3, 0.4) is 0 Å². The molecule has 0 aliphatic carbocycles. The number of rotatable bonds is 9. The highest BCUT2D eigenvalue weighted by atomic mass is 35.5. The van der Waals surface area contributed by atoms with Crippen molar-refractivity contribution in [1.29, 1.82) is 0 Å². The third-order valence-electron chi connectivity index (χ3n) is 7.43. The maximum Gasteiger partial charge on any atom is 0.343 e. The number of hydrogen-bond acceptors (Lipinski definition) is 6. The van der Waals surface area contributed by atoms with Crippen molar-refractivity contribution in [2.75, 3.05) is 13.1 Å². The number of sulfonamides is 1. The van der Waals surface area contributed by atoms with E-state index in [4.69, 9.17) is 11.6 Å². The van der Waals surface area contributed by atoms with Crippen molar-refractivity contribution in [2.45, 2.75) is 47.9 Å². The number of carbonyl (C=O) groups excluding carboxylic acids is 1. The van der Waals surface area contributed by atoms with E-state index in [-0.39, 0.29) is 26.9 Å². The third-order valence-corrected chi connectivity index (χ3v) is 10.0. The minimum absolute atomic E-state index is 0.125. The van der Waals surface area contributed by atoms with Crippen LogP contribution in [0.25, 0.3) is 11.3 Å². The van der Waals surface area contributed by atoms with Gasteiger partial charge in [-0.25, -0.2) is 45.5 Å². The van der Waals surface area contributed by atoms with E-state index in [1.807, 2.05) is 4.72 Å². The summed E-state index contributed by atoms with van der Waals surface area (Å²) in [6, 6.07) is 10.0. The first-order chi connectivity index (χ1) is 21.2. The fourth-order valence-electron chi connectivity index (χ4n) is 4.89. The van der Waals surface area contributed by atoms with Crippen LogP contribution in [-0.4, -0.2) is 42.5 Å². The second-order valence-corrected chi connectivity index (χ2v) is 14.0. The van der Waals surface area contributed by atoms with E-state index in [1.54, 1.807) is 18.9 Å². The van der Waals surface area contributed by atoms with Crippen LogP contribution in [0.15, 0.2) is 64.6 Å². The summed E-state index contributed by atoms with van der Waals surface area (Å²) >= 11 is 7.63. The molecule has 1 aliphatic rings. The summed E-state index contributed by atoms with van der Waals surface area (Å²) in [6.07, 6.45) is 1.80. The fraction of sp³-hybridized carbons (Fsp3) is 0.267. The normalized spacial score (nSPS) is 14.1. The quantitative estimate of drug-likeness (QED) is 0.131. The molecule has 1 aromatic heterocycles. The van der Waals surface area contributed by atoms with Crippen molar-refractivity contribution < 1.29 is 30.8 Å². The predicted octanol–water partition coefficient (Wildman–Crippen LogP) is 6.90. The minimum atomic E-state index is -4.20. The Hall–Kier alpha value is -3.59. The Balaban J connectivity index is 1.39. The fourth-order valence-corrected chi connectivity index (χ4v) is 7.08. The lowest BCUT2D eigenvalue weighted by Crippen LogP contribution is -2.47. The number of benzene rings is 3. The summed E-state index contributed by atoms with van der Waals surface area (Å²) in [5, 5.41) is 2.11. The number of nitrogens with one attached hydrogen (secondary N) is 3. The van der Waals surface area contributed by atoms with Gasteiger partial charge in [-0.3, -0.25) is 5.43 Å². The number of hydrazine groups is 1. The van der Waals surface area contributed by atoms with Gasteiger partial charge in [-0.2, -0.15) is 0 Å². The Bertz CT molecular complexity index is 1860. The van der Waals surface area contributed by atoms with Gasteiger partial charge in [0.1, 0.15) is 0 Å². The van der Waals surface area contributed by atoms with Crippen LogP contribution in [0.1, 0.15) is 43.5 Å². The predicted molar refractivity (Wildman–Crippen MR) is 163 cm³/mol. The summed E-state index contributed by atoms with van der Waals surface area (Å²) in [4.78, 5) is 19.8. The van der Waals surface area contributed by atoms with Gasteiger partial charge in [-0.1, -0.05) is 49.3 Å². The lowest BCUT2D eigenvalue weighted by molar-refractivity contribution is 0.202. The van der Waals surface area contributed by atoms with Crippen LogP contribution in [0.5, 0.6) is 0 Å². The van der Waals surface area contributed by atoms with Crippen LogP contribution >= 0.6 is 23.4 Å². The molecule has 3 aromatic carbocycles. The number of H-pyrrole nitrogens is 1. The van der Waals surface area contributed by atoms with Crippen LogP contribution < -0.4 is 10.1 Å². The molecule has 0 saturated carbocycles. The molecule has 0 unspecified atom stereocenters. The van der Waals surface area contributed by atoms with Crippen molar-refractivity contribution in [3.05, 3.63) is 99.7 Å². The first kappa shape index (κ1) is 32.8. The molecule has 2 amide bonds. The van der Waals surface area contributed by atoms with Crippen molar-refractivity contribution >= 4 is 39.4 Å². The lowest BCUT2D eigenvalue weighted by Gasteiger charge is -2.25. The molecule has 3 N–H and O–H groups in total. The van der Waals surface area contributed by atoms with Gasteiger partial charge in [-0.15, -0.1) is 0 Å². The Kier molecular flexibility index (Phi) is 9.49. The van der Waals surface area contributed by atoms with E-state index in [1.165, 1.54) is 42.1 Å². The second-order valence-electron chi connectivity index (χ2n) is 10.9. The molecule has 1 aliphatic heterocycles.